The molecule has 0 radical (unpaired) electrons. The van der Waals surface area contributed by atoms with Crippen LogP contribution >= 0.6 is 20.2 Å². The van der Waals surface area contributed by atoms with Gasteiger partial charge >= 0.3 is 0 Å². The first kappa shape index (κ1) is 17.8. The molecule has 0 heterocycles. The summed E-state index contributed by atoms with van der Waals surface area (Å²) in [6.07, 6.45) is 2.14. The third kappa shape index (κ3) is 4.95. The molecule has 0 aliphatic carbocycles. The predicted octanol–water partition coefficient (Wildman–Crippen LogP) is 4.67. The molecule has 0 saturated carbocycles. The van der Waals surface area contributed by atoms with E-state index < -0.39 is 0 Å². The predicted molar refractivity (Wildman–Crippen MR) is 97.1 cm³/mol. The van der Waals surface area contributed by atoms with E-state index in [1.807, 2.05) is 24.3 Å². The van der Waals surface area contributed by atoms with Crippen LogP contribution in [-0.2, 0) is 0 Å². The van der Waals surface area contributed by atoms with Crippen LogP contribution in [0, 0.1) is 0 Å². The molecule has 0 N–H and O–H groups in total. The molecule has 1 unspecified atom stereocenters. The second kappa shape index (κ2) is 8.90. The Hall–Kier alpha value is -1.57. The Bertz CT molecular complexity index is 656. The lowest BCUT2D eigenvalue weighted by Crippen LogP contribution is -2.04. The van der Waals surface area contributed by atoms with Gasteiger partial charge in [0.2, 0.25) is 0 Å². The second-order valence-electron chi connectivity index (χ2n) is 5.00. The molecule has 2 aromatic rings. The maximum atomic E-state index is 12.5. The van der Waals surface area contributed by atoms with Gasteiger partial charge in [-0.2, -0.15) is 0 Å². The van der Waals surface area contributed by atoms with Gasteiger partial charge < -0.3 is 9.47 Å². The minimum absolute atomic E-state index is 0.00865. The molecule has 0 aliphatic rings. The number of unbranched alkanes of at least 4 members (excludes halogenated alkanes) is 1. The van der Waals surface area contributed by atoms with Gasteiger partial charge in [-0.25, -0.2) is 0 Å². The largest absolute Gasteiger partial charge is 0.496 e. The minimum Gasteiger partial charge on any atom is -0.496 e. The standard InChI is InChI=1S/C18H20ClO3P/c1-3-4-12-22-13-8-10-14(11-9-13)23-18(20)17-15(19)6-5-7-16(17)21-2/h5-11,23H,3-4,12H2,1-2H3. The van der Waals surface area contributed by atoms with Crippen LogP contribution in [0.1, 0.15) is 30.1 Å². The molecule has 0 spiro atoms. The smallest absolute Gasteiger partial charge is 0.190 e. The molecule has 5 heteroatoms. The third-order valence-corrected chi connectivity index (χ3v) is 4.72. The average Bonchev–Trinajstić information content (AvgIpc) is 2.56. The third-order valence-electron chi connectivity index (χ3n) is 3.30. The van der Waals surface area contributed by atoms with Crippen molar-refractivity contribution >= 4 is 31.0 Å². The van der Waals surface area contributed by atoms with Crippen molar-refractivity contribution in [1.82, 2.24) is 0 Å². The lowest BCUT2D eigenvalue weighted by molar-refractivity contribution is 0.108. The summed E-state index contributed by atoms with van der Waals surface area (Å²) in [5, 5.41) is 1.36. The van der Waals surface area contributed by atoms with E-state index in [1.54, 1.807) is 18.2 Å². The van der Waals surface area contributed by atoms with Gasteiger partial charge in [0.1, 0.15) is 11.5 Å². The second-order valence-corrected chi connectivity index (χ2v) is 6.69. The summed E-state index contributed by atoms with van der Waals surface area (Å²) < 4.78 is 10.9. The number of halogens is 1. The Kier molecular flexibility index (Phi) is 6.88. The summed E-state index contributed by atoms with van der Waals surface area (Å²) in [4.78, 5) is 12.5. The highest BCUT2D eigenvalue weighted by Crippen LogP contribution is 2.32. The summed E-state index contributed by atoms with van der Waals surface area (Å²) in [6.45, 7) is 2.84. The maximum Gasteiger partial charge on any atom is 0.190 e. The van der Waals surface area contributed by atoms with Crippen LogP contribution in [0.3, 0.4) is 0 Å². The number of carbonyl (C=O) groups excluding carboxylic acids is 1. The Morgan fingerprint density at radius 2 is 1.91 bits per heavy atom. The molecule has 3 nitrogen and oxygen atoms in total. The fraction of sp³-hybridized carbons (Fsp3) is 0.278. The van der Waals surface area contributed by atoms with E-state index >= 15 is 0 Å². The zero-order chi connectivity index (χ0) is 16.7. The highest BCUT2D eigenvalue weighted by Gasteiger charge is 2.16. The Balaban J connectivity index is 2.06. The van der Waals surface area contributed by atoms with E-state index in [0.717, 1.165) is 23.9 Å². The molecule has 0 aliphatic heterocycles. The highest BCUT2D eigenvalue weighted by atomic mass is 35.5. The number of benzene rings is 2. The van der Waals surface area contributed by atoms with Crippen LogP contribution in [0.2, 0.25) is 5.02 Å². The van der Waals surface area contributed by atoms with Gasteiger partial charge in [-0.3, -0.25) is 4.79 Å². The van der Waals surface area contributed by atoms with E-state index in [9.17, 15) is 4.79 Å². The van der Waals surface area contributed by atoms with Crippen molar-refractivity contribution in [3.8, 4) is 11.5 Å². The van der Waals surface area contributed by atoms with E-state index in [2.05, 4.69) is 6.92 Å². The van der Waals surface area contributed by atoms with Crippen LogP contribution in [0.4, 0.5) is 0 Å². The van der Waals surface area contributed by atoms with Gasteiger partial charge in [-0.15, -0.1) is 0 Å². The van der Waals surface area contributed by atoms with Crippen LogP contribution in [0.5, 0.6) is 11.5 Å². The fourth-order valence-corrected chi connectivity index (χ4v) is 3.37. The molecule has 0 aromatic heterocycles. The molecule has 0 saturated heterocycles. The van der Waals surface area contributed by atoms with Crippen LogP contribution in [0.15, 0.2) is 42.5 Å². The average molecular weight is 351 g/mol. The van der Waals surface area contributed by atoms with Gasteiger partial charge in [0.15, 0.2) is 5.52 Å². The molecule has 1 atom stereocenters. The lowest BCUT2D eigenvalue weighted by atomic mass is 10.2. The number of ether oxygens (including phenoxy) is 2. The number of methoxy groups -OCH3 is 1. The summed E-state index contributed by atoms with van der Waals surface area (Å²) in [5.41, 5.74) is 0.408. The fourth-order valence-electron chi connectivity index (χ4n) is 2.06. The van der Waals surface area contributed by atoms with Gasteiger partial charge in [-0.1, -0.05) is 43.1 Å². The molecule has 0 amide bonds. The van der Waals surface area contributed by atoms with Crippen molar-refractivity contribution < 1.29 is 14.3 Å². The van der Waals surface area contributed by atoms with Gasteiger partial charge in [0, 0.05) is 0 Å². The van der Waals surface area contributed by atoms with Crippen LogP contribution in [0.25, 0.3) is 0 Å². The number of carbonyl (C=O) groups is 1. The quantitative estimate of drug-likeness (QED) is 0.512. The number of rotatable bonds is 8. The van der Waals surface area contributed by atoms with Crippen molar-refractivity contribution in [3.63, 3.8) is 0 Å². The first-order valence-electron chi connectivity index (χ1n) is 7.52. The summed E-state index contributed by atoms with van der Waals surface area (Å²) in [6, 6.07) is 12.8. The topological polar surface area (TPSA) is 35.5 Å². The summed E-state index contributed by atoms with van der Waals surface area (Å²) in [7, 11) is 1.53. The Morgan fingerprint density at radius 3 is 2.57 bits per heavy atom. The molecular formula is C18H20ClO3P. The highest BCUT2D eigenvalue weighted by molar-refractivity contribution is 7.66. The molecule has 122 valence electrons. The lowest BCUT2D eigenvalue weighted by Gasteiger charge is -2.10. The molecule has 2 aromatic carbocycles. The normalized spacial score (nSPS) is 10.9. The van der Waals surface area contributed by atoms with Crippen molar-refractivity contribution in [2.75, 3.05) is 13.7 Å². The monoisotopic (exact) mass is 350 g/mol. The molecule has 23 heavy (non-hydrogen) atoms. The minimum atomic E-state index is -0.0351. The van der Waals surface area contributed by atoms with E-state index in [0.29, 0.717) is 22.9 Å². The van der Waals surface area contributed by atoms with Gasteiger partial charge in [0.05, 0.1) is 24.3 Å². The maximum absolute atomic E-state index is 12.5. The first-order valence-corrected chi connectivity index (χ1v) is 8.90. The van der Waals surface area contributed by atoms with Crippen LogP contribution < -0.4 is 14.8 Å². The molecular weight excluding hydrogens is 331 g/mol. The van der Waals surface area contributed by atoms with E-state index in [4.69, 9.17) is 21.1 Å². The van der Waals surface area contributed by atoms with Crippen molar-refractivity contribution in [1.29, 1.82) is 0 Å². The first-order chi connectivity index (χ1) is 11.2. The van der Waals surface area contributed by atoms with Gasteiger partial charge in [-0.05, 0) is 44.6 Å². The van der Waals surface area contributed by atoms with E-state index in [1.165, 1.54) is 7.11 Å². The van der Waals surface area contributed by atoms with E-state index in [-0.39, 0.29) is 14.1 Å². The van der Waals surface area contributed by atoms with Gasteiger partial charge in [0.25, 0.3) is 0 Å². The molecule has 2 rings (SSSR count). The number of hydrogen-bond acceptors (Lipinski definition) is 3. The zero-order valence-corrected chi connectivity index (χ0v) is 15.0. The van der Waals surface area contributed by atoms with Crippen molar-refractivity contribution in [3.05, 3.63) is 53.1 Å². The van der Waals surface area contributed by atoms with Crippen LogP contribution in [-0.4, -0.2) is 19.2 Å². The summed E-state index contributed by atoms with van der Waals surface area (Å²) >= 11 is 6.15. The summed E-state index contributed by atoms with van der Waals surface area (Å²) in [5.74, 6) is 1.34. The van der Waals surface area contributed by atoms with Crippen molar-refractivity contribution in [2.24, 2.45) is 0 Å². The molecule has 0 bridgehead atoms. The number of hydrogen-bond donors (Lipinski definition) is 0. The SMILES string of the molecule is CCCCOc1ccc(PC(=O)c2c(Cl)cccc2OC)cc1. The molecule has 0 fully saturated rings. The van der Waals surface area contributed by atoms with Crippen molar-refractivity contribution in [2.45, 2.75) is 19.8 Å². The Labute approximate surface area is 143 Å². The Morgan fingerprint density at radius 1 is 1.17 bits per heavy atom. The zero-order valence-electron chi connectivity index (χ0n) is 13.3.